The quantitative estimate of drug-likeness (QED) is 0.493. The average molecular weight is 400 g/mol. The molecule has 10 heteroatoms. The summed E-state index contributed by atoms with van der Waals surface area (Å²) in [5.41, 5.74) is 1.90. The summed E-state index contributed by atoms with van der Waals surface area (Å²) in [5.74, 6) is 1.50. The molecule has 4 rings (SSSR count). The lowest BCUT2D eigenvalue weighted by Crippen LogP contribution is -2.37. The van der Waals surface area contributed by atoms with E-state index in [2.05, 4.69) is 15.0 Å². The Hall–Kier alpha value is -3.01. The fraction of sp³-hybridized carbons (Fsp3) is 0.333. The van der Waals surface area contributed by atoms with E-state index in [-0.39, 0.29) is 11.2 Å². The predicted molar refractivity (Wildman–Crippen MR) is 108 cm³/mol. The van der Waals surface area contributed by atoms with Gasteiger partial charge in [-0.3, -0.25) is 13.9 Å². The largest absolute Gasteiger partial charge is 0.494 e. The van der Waals surface area contributed by atoms with Crippen molar-refractivity contribution in [1.82, 2.24) is 28.7 Å². The van der Waals surface area contributed by atoms with Gasteiger partial charge in [-0.15, -0.1) is 0 Å². The maximum Gasteiger partial charge on any atom is 0.332 e. The fourth-order valence-corrected chi connectivity index (χ4v) is 3.92. The van der Waals surface area contributed by atoms with Gasteiger partial charge in [0, 0.05) is 32.5 Å². The van der Waals surface area contributed by atoms with Gasteiger partial charge in [-0.1, -0.05) is 11.8 Å². The lowest BCUT2D eigenvalue weighted by Gasteiger charge is -2.06. The van der Waals surface area contributed by atoms with Crippen LogP contribution in [0.4, 0.5) is 0 Å². The Kier molecular flexibility index (Phi) is 4.71. The lowest BCUT2D eigenvalue weighted by atomic mass is 10.3. The first-order valence-electron chi connectivity index (χ1n) is 8.85. The van der Waals surface area contributed by atoms with E-state index in [1.54, 1.807) is 29.7 Å². The Labute approximate surface area is 164 Å². The molecule has 0 bridgehead atoms. The molecule has 1 aromatic carbocycles. The van der Waals surface area contributed by atoms with E-state index in [1.807, 2.05) is 25.1 Å². The van der Waals surface area contributed by atoms with Gasteiger partial charge in [-0.2, -0.15) is 0 Å². The topological polar surface area (TPSA) is 99.7 Å². The van der Waals surface area contributed by atoms with Crippen LogP contribution >= 0.6 is 11.8 Å². The van der Waals surface area contributed by atoms with Gasteiger partial charge in [0.25, 0.3) is 5.56 Å². The van der Waals surface area contributed by atoms with Crippen LogP contribution in [0.3, 0.4) is 0 Å². The highest BCUT2D eigenvalue weighted by atomic mass is 32.2. The number of hydrogen-bond donors (Lipinski definition) is 1. The van der Waals surface area contributed by atoms with E-state index in [0.717, 1.165) is 26.5 Å². The second-order valence-electron chi connectivity index (χ2n) is 6.32. The number of rotatable bonds is 6. The lowest BCUT2D eigenvalue weighted by molar-refractivity contribution is 0.340. The van der Waals surface area contributed by atoms with E-state index in [9.17, 15) is 9.59 Å². The maximum absolute atomic E-state index is 12.5. The van der Waals surface area contributed by atoms with Crippen LogP contribution in [0, 0.1) is 0 Å². The second kappa shape index (κ2) is 7.19. The third kappa shape index (κ3) is 3.09. The molecule has 4 aromatic rings. The minimum Gasteiger partial charge on any atom is -0.494 e. The highest BCUT2D eigenvalue weighted by molar-refractivity contribution is 7.99. The number of nitrogens with zero attached hydrogens (tertiary/aromatic N) is 5. The van der Waals surface area contributed by atoms with Crippen LogP contribution in [0.5, 0.6) is 5.75 Å². The van der Waals surface area contributed by atoms with Crippen molar-refractivity contribution < 1.29 is 4.74 Å². The number of aryl methyl sites for hydroxylation is 2. The molecule has 0 atom stereocenters. The third-order valence-electron chi connectivity index (χ3n) is 4.53. The van der Waals surface area contributed by atoms with Crippen molar-refractivity contribution in [3.8, 4) is 5.75 Å². The molecule has 0 spiro atoms. The molecule has 146 valence electrons. The van der Waals surface area contributed by atoms with Crippen LogP contribution in [-0.2, 0) is 20.6 Å². The number of hydrogen-bond acceptors (Lipinski definition) is 6. The molecule has 0 aliphatic rings. The number of H-pyrrole nitrogens is 1. The SMILES string of the molecule is CCOc1ccc2nc(SCCn3cnc4c3c(=O)n(C)c(=O)n4C)[nH]c2c1. The van der Waals surface area contributed by atoms with Crippen LogP contribution in [0.25, 0.3) is 22.2 Å². The van der Waals surface area contributed by atoms with Crippen molar-refractivity contribution >= 4 is 34.0 Å². The zero-order valence-electron chi connectivity index (χ0n) is 15.8. The summed E-state index contributed by atoms with van der Waals surface area (Å²) in [4.78, 5) is 36.6. The Balaban J connectivity index is 1.53. The molecule has 0 saturated carbocycles. The molecule has 0 amide bonds. The fourth-order valence-electron chi connectivity index (χ4n) is 3.10. The number of benzene rings is 1. The second-order valence-corrected chi connectivity index (χ2v) is 7.40. The molecule has 3 aromatic heterocycles. The Morgan fingerprint density at radius 3 is 2.82 bits per heavy atom. The van der Waals surface area contributed by atoms with Crippen LogP contribution in [0.15, 0.2) is 39.3 Å². The van der Waals surface area contributed by atoms with Crippen molar-refractivity contribution in [2.24, 2.45) is 14.1 Å². The van der Waals surface area contributed by atoms with Gasteiger partial charge < -0.3 is 14.3 Å². The van der Waals surface area contributed by atoms with Gasteiger partial charge in [0.15, 0.2) is 16.3 Å². The first-order valence-corrected chi connectivity index (χ1v) is 9.84. The highest BCUT2D eigenvalue weighted by Gasteiger charge is 2.14. The van der Waals surface area contributed by atoms with Gasteiger partial charge in [-0.05, 0) is 19.1 Å². The zero-order valence-corrected chi connectivity index (χ0v) is 16.6. The number of aromatic amines is 1. The number of aromatic nitrogens is 6. The van der Waals surface area contributed by atoms with Crippen molar-refractivity contribution in [1.29, 1.82) is 0 Å². The summed E-state index contributed by atoms with van der Waals surface area (Å²) in [7, 11) is 3.09. The molecule has 0 aliphatic heterocycles. The molecule has 0 aliphatic carbocycles. The monoisotopic (exact) mass is 400 g/mol. The van der Waals surface area contributed by atoms with Gasteiger partial charge >= 0.3 is 5.69 Å². The number of ether oxygens (including phenoxy) is 1. The highest BCUT2D eigenvalue weighted by Crippen LogP contribution is 2.23. The minimum atomic E-state index is -0.383. The van der Waals surface area contributed by atoms with Crippen molar-refractivity contribution in [2.75, 3.05) is 12.4 Å². The van der Waals surface area contributed by atoms with E-state index >= 15 is 0 Å². The van der Waals surface area contributed by atoms with Crippen molar-refractivity contribution in [3.63, 3.8) is 0 Å². The van der Waals surface area contributed by atoms with Crippen LogP contribution in [-0.4, -0.2) is 41.0 Å². The van der Waals surface area contributed by atoms with Crippen LogP contribution in [0.1, 0.15) is 6.92 Å². The van der Waals surface area contributed by atoms with Gasteiger partial charge in [0.2, 0.25) is 0 Å². The standard InChI is InChI=1S/C18H20N6O3S/c1-4-27-11-5-6-12-13(9-11)21-17(20-12)28-8-7-24-10-19-15-14(24)16(25)23(3)18(26)22(15)2/h5-6,9-10H,4,7-8H2,1-3H3,(H,20,21). The van der Waals surface area contributed by atoms with Crippen LogP contribution in [0.2, 0.25) is 0 Å². The first kappa shape index (κ1) is 18.4. The van der Waals surface area contributed by atoms with Gasteiger partial charge in [-0.25, -0.2) is 14.8 Å². The number of thioether (sulfide) groups is 1. The zero-order chi connectivity index (χ0) is 19.8. The van der Waals surface area contributed by atoms with E-state index < -0.39 is 0 Å². The van der Waals surface area contributed by atoms with Gasteiger partial charge in [0.1, 0.15) is 5.75 Å². The molecule has 0 saturated heterocycles. The Bertz CT molecular complexity index is 1280. The molecular weight excluding hydrogens is 380 g/mol. The van der Waals surface area contributed by atoms with Gasteiger partial charge in [0.05, 0.1) is 24.0 Å². The molecule has 0 unspecified atom stereocenters. The predicted octanol–water partition coefficient (Wildman–Crippen LogP) is 1.50. The average Bonchev–Trinajstić information content (AvgIpc) is 3.28. The third-order valence-corrected chi connectivity index (χ3v) is 5.38. The normalized spacial score (nSPS) is 11.5. The molecule has 28 heavy (non-hydrogen) atoms. The molecule has 1 N–H and O–H groups in total. The van der Waals surface area contributed by atoms with Crippen molar-refractivity contribution in [2.45, 2.75) is 18.6 Å². The van der Waals surface area contributed by atoms with E-state index in [0.29, 0.717) is 30.1 Å². The molecule has 3 heterocycles. The maximum atomic E-state index is 12.5. The Morgan fingerprint density at radius 2 is 2.04 bits per heavy atom. The van der Waals surface area contributed by atoms with Crippen LogP contribution < -0.4 is 16.0 Å². The summed E-state index contributed by atoms with van der Waals surface area (Å²) in [5, 5.41) is 0.799. The Morgan fingerprint density at radius 1 is 1.21 bits per heavy atom. The summed E-state index contributed by atoms with van der Waals surface area (Å²) >= 11 is 1.56. The van der Waals surface area contributed by atoms with Crippen molar-refractivity contribution in [3.05, 3.63) is 45.4 Å². The smallest absolute Gasteiger partial charge is 0.332 e. The summed E-state index contributed by atoms with van der Waals surface area (Å²) < 4.78 is 9.77. The summed E-state index contributed by atoms with van der Waals surface area (Å²) in [6.45, 7) is 3.13. The first-order chi connectivity index (χ1) is 13.5. The number of imidazole rings is 2. The molecular formula is C18H20N6O3S. The minimum absolute atomic E-state index is 0.340. The molecule has 0 fully saturated rings. The summed E-state index contributed by atoms with van der Waals surface area (Å²) in [6.07, 6.45) is 1.60. The van der Waals surface area contributed by atoms with E-state index in [1.165, 1.54) is 11.6 Å². The van der Waals surface area contributed by atoms with E-state index in [4.69, 9.17) is 4.74 Å². The number of fused-ring (bicyclic) bond motifs is 2. The molecule has 0 radical (unpaired) electrons. The number of nitrogens with one attached hydrogen (secondary N) is 1. The molecule has 9 nitrogen and oxygen atoms in total. The summed E-state index contributed by atoms with van der Waals surface area (Å²) in [6, 6.07) is 5.76.